The van der Waals surface area contributed by atoms with Gasteiger partial charge in [-0.3, -0.25) is 9.48 Å². The monoisotopic (exact) mass is 437 g/mol. The number of nitrogens with zero attached hydrogens (tertiary/aromatic N) is 3. The molecule has 33 heavy (non-hydrogen) atoms. The summed E-state index contributed by atoms with van der Waals surface area (Å²) in [6.07, 6.45) is 3.28. The van der Waals surface area contributed by atoms with E-state index < -0.39 is 0 Å². The van der Waals surface area contributed by atoms with Crippen molar-refractivity contribution in [2.75, 3.05) is 5.73 Å². The lowest BCUT2D eigenvalue weighted by atomic mass is 9.86. The predicted octanol–water partition coefficient (Wildman–Crippen LogP) is 4.32. The molecule has 0 atom stereocenters. The first-order chi connectivity index (χ1) is 16.1. The number of hydrogen-bond donors (Lipinski definition) is 2. The van der Waals surface area contributed by atoms with E-state index in [1.54, 1.807) is 13.1 Å². The summed E-state index contributed by atoms with van der Waals surface area (Å²) in [6.45, 7) is 1.65. The summed E-state index contributed by atoms with van der Waals surface area (Å²) in [7, 11) is 0. The zero-order valence-electron chi connectivity index (χ0n) is 18.2. The number of ether oxygens (including phenoxy) is 1. The molecule has 0 unspecified atom stereocenters. The molecule has 164 valence electrons. The number of hydrogen-bond acceptors (Lipinski definition) is 5. The number of benzene rings is 2. The molecule has 1 aliphatic rings. The third-order valence-corrected chi connectivity index (χ3v) is 5.79. The number of anilines is 1. The summed E-state index contributed by atoms with van der Waals surface area (Å²) in [4.78, 5) is 16.0. The molecule has 0 saturated heterocycles. The average Bonchev–Trinajstić information content (AvgIpc) is 3.18. The molecule has 1 amide bonds. The maximum atomic E-state index is 11.7. The number of para-hydroxylation sites is 1. The number of carbonyl (C=O) groups excluding carboxylic acids is 1. The average molecular weight is 438 g/mol. The molecule has 2 aromatic heterocycles. The van der Waals surface area contributed by atoms with Gasteiger partial charge in [0.1, 0.15) is 23.0 Å². The number of nitrogen functional groups attached to an aromatic ring is 1. The van der Waals surface area contributed by atoms with Crippen molar-refractivity contribution in [2.24, 2.45) is 0 Å². The van der Waals surface area contributed by atoms with Crippen LogP contribution in [0.2, 0.25) is 0 Å². The molecule has 5 rings (SSSR count). The van der Waals surface area contributed by atoms with Crippen LogP contribution in [0.3, 0.4) is 0 Å². The van der Waals surface area contributed by atoms with E-state index in [0.29, 0.717) is 5.82 Å². The summed E-state index contributed by atoms with van der Waals surface area (Å²) in [6, 6.07) is 19.6. The largest absolute Gasteiger partial charge is 0.457 e. The number of pyridine rings is 1. The van der Waals surface area contributed by atoms with Crippen molar-refractivity contribution in [3.63, 3.8) is 0 Å². The molecule has 7 nitrogen and oxygen atoms in total. The van der Waals surface area contributed by atoms with Crippen molar-refractivity contribution in [1.29, 1.82) is 0 Å². The lowest BCUT2D eigenvalue weighted by Gasteiger charge is -2.35. The van der Waals surface area contributed by atoms with Gasteiger partial charge in [-0.1, -0.05) is 24.1 Å². The van der Waals surface area contributed by atoms with Gasteiger partial charge < -0.3 is 15.8 Å². The van der Waals surface area contributed by atoms with Gasteiger partial charge in [-0.25, -0.2) is 4.98 Å². The Bertz CT molecular complexity index is 1360. The molecule has 0 aliphatic heterocycles. The molecular weight excluding hydrogens is 414 g/mol. The van der Waals surface area contributed by atoms with Gasteiger partial charge in [-0.15, -0.1) is 0 Å². The first-order valence-electron chi connectivity index (χ1n) is 10.8. The van der Waals surface area contributed by atoms with Gasteiger partial charge in [0.05, 0.1) is 16.9 Å². The van der Waals surface area contributed by atoms with Crippen LogP contribution in [0.15, 0.2) is 66.9 Å². The number of aromatic nitrogens is 3. The van der Waals surface area contributed by atoms with Crippen molar-refractivity contribution in [1.82, 2.24) is 20.1 Å². The van der Waals surface area contributed by atoms with Crippen LogP contribution >= 0.6 is 0 Å². The maximum absolute atomic E-state index is 11.7. The zero-order chi connectivity index (χ0) is 22.8. The number of rotatable bonds is 5. The fraction of sp³-hybridized carbons (Fsp3) is 0.192. The van der Waals surface area contributed by atoms with E-state index in [2.05, 4.69) is 22.1 Å². The Morgan fingerprint density at radius 2 is 1.82 bits per heavy atom. The first kappa shape index (κ1) is 20.6. The number of nitrogens with two attached hydrogens (primary N) is 1. The van der Waals surface area contributed by atoms with Gasteiger partial charge >= 0.3 is 0 Å². The van der Waals surface area contributed by atoms with Crippen LogP contribution in [0.1, 0.15) is 25.8 Å². The second-order valence-electron chi connectivity index (χ2n) is 7.99. The lowest BCUT2D eigenvalue weighted by molar-refractivity contribution is -0.117. The molecule has 1 aliphatic carbocycles. The van der Waals surface area contributed by atoms with Crippen molar-refractivity contribution in [3.05, 3.63) is 66.9 Å². The molecule has 0 radical (unpaired) electrons. The minimum atomic E-state index is -0.238. The Labute approximate surface area is 191 Å². The molecule has 0 spiro atoms. The highest BCUT2D eigenvalue weighted by Crippen LogP contribution is 2.39. The molecule has 1 saturated carbocycles. The van der Waals surface area contributed by atoms with E-state index in [0.717, 1.165) is 46.5 Å². The number of fused-ring (bicyclic) bond motifs is 1. The quantitative estimate of drug-likeness (QED) is 0.454. The van der Waals surface area contributed by atoms with Crippen LogP contribution in [0.5, 0.6) is 11.5 Å². The Hall–Kier alpha value is -4.31. The highest BCUT2D eigenvalue weighted by molar-refractivity contribution is 6.00. The standard InChI is InChI=1S/C26H23N5O2/c1-2-6-23(32)29-18-15-19(16-18)31-22-13-14-28-26(27)24(22)25(30-31)17-9-11-21(12-10-17)33-20-7-4-3-5-8-20/h3-5,7-14,18-19H,15-16H2,1H3,(H2,27,28)(H,29,32). The van der Waals surface area contributed by atoms with Crippen LogP contribution < -0.4 is 15.8 Å². The summed E-state index contributed by atoms with van der Waals surface area (Å²) < 4.78 is 7.91. The highest BCUT2D eigenvalue weighted by atomic mass is 16.5. The number of nitrogens with one attached hydrogen (secondary N) is 1. The van der Waals surface area contributed by atoms with Gasteiger partial charge in [-0.05, 0) is 68.2 Å². The van der Waals surface area contributed by atoms with E-state index in [9.17, 15) is 4.79 Å². The number of carbonyl (C=O) groups is 1. The molecule has 7 heteroatoms. The summed E-state index contributed by atoms with van der Waals surface area (Å²) in [5.74, 6) is 6.88. The molecule has 3 N–H and O–H groups in total. The van der Waals surface area contributed by atoms with Crippen molar-refractivity contribution < 1.29 is 9.53 Å². The normalized spacial score (nSPS) is 17.0. The van der Waals surface area contributed by atoms with Crippen molar-refractivity contribution in [2.45, 2.75) is 31.8 Å². The molecule has 2 aromatic carbocycles. The topological polar surface area (TPSA) is 95.1 Å². The van der Waals surface area contributed by atoms with Crippen LogP contribution in [-0.4, -0.2) is 26.7 Å². The van der Waals surface area contributed by atoms with Gasteiger partial charge in [0, 0.05) is 17.8 Å². The Morgan fingerprint density at radius 3 is 2.55 bits per heavy atom. The van der Waals surface area contributed by atoms with Crippen LogP contribution in [0, 0.1) is 11.8 Å². The van der Waals surface area contributed by atoms with E-state index in [1.165, 1.54) is 0 Å². The Kier molecular flexibility index (Phi) is 5.41. The fourth-order valence-corrected chi connectivity index (χ4v) is 4.14. The van der Waals surface area contributed by atoms with Crippen LogP contribution in [-0.2, 0) is 4.79 Å². The Morgan fingerprint density at radius 1 is 1.09 bits per heavy atom. The summed E-state index contributed by atoms with van der Waals surface area (Å²) >= 11 is 0. The minimum Gasteiger partial charge on any atom is -0.457 e. The predicted molar refractivity (Wildman–Crippen MR) is 128 cm³/mol. The van der Waals surface area contributed by atoms with Gasteiger partial charge in [0.2, 0.25) is 0 Å². The first-order valence-corrected chi connectivity index (χ1v) is 10.8. The third kappa shape index (κ3) is 4.11. The summed E-state index contributed by atoms with van der Waals surface area (Å²) in [5.41, 5.74) is 8.92. The smallest absolute Gasteiger partial charge is 0.296 e. The van der Waals surface area contributed by atoms with E-state index in [-0.39, 0.29) is 18.0 Å². The molecule has 1 fully saturated rings. The maximum Gasteiger partial charge on any atom is 0.296 e. The zero-order valence-corrected chi connectivity index (χ0v) is 18.2. The Balaban J connectivity index is 1.41. The van der Waals surface area contributed by atoms with Crippen molar-refractivity contribution in [3.8, 4) is 34.6 Å². The lowest BCUT2D eigenvalue weighted by Crippen LogP contribution is -2.44. The summed E-state index contributed by atoms with van der Waals surface area (Å²) in [5, 5.41) is 8.69. The van der Waals surface area contributed by atoms with Crippen LogP contribution in [0.4, 0.5) is 5.82 Å². The molecular formula is C26H23N5O2. The SMILES string of the molecule is CC#CC(=O)NC1CC(n2nc(-c3ccc(Oc4ccccc4)cc3)c3c(N)nccc32)C1. The van der Waals surface area contributed by atoms with Crippen LogP contribution in [0.25, 0.3) is 22.2 Å². The third-order valence-electron chi connectivity index (χ3n) is 5.79. The highest BCUT2D eigenvalue weighted by Gasteiger charge is 2.34. The van der Waals surface area contributed by atoms with E-state index in [1.807, 2.05) is 65.3 Å². The van der Waals surface area contributed by atoms with Crippen molar-refractivity contribution >= 4 is 22.6 Å². The second kappa shape index (κ2) is 8.67. The molecule has 4 aromatic rings. The van der Waals surface area contributed by atoms with Gasteiger partial charge in [0.15, 0.2) is 0 Å². The fourth-order valence-electron chi connectivity index (χ4n) is 4.14. The minimum absolute atomic E-state index is 0.0969. The van der Waals surface area contributed by atoms with E-state index >= 15 is 0 Å². The second-order valence-corrected chi connectivity index (χ2v) is 7.99. The van der Waals surface area contributed by atoms with Gasteiger partial charge in [0.25, 0.3) is 5.91 Å². The van der Waals surface area contributed by atoms with Gasteiger partial charge in [-0.2, -0.15) is 5.10 Å². The van der Waals surface area contributed by atoms with E-state index in [4.69, 9.17) is 15.6 Å². The molecule has 2 heterocycles. The molecule has 0 bridgehead atoms. The number of amides is 1.